The Morgan fingerprint density at radius 3 is 2.88 bits per heavy atom. The van der Waals surface area contributed by atoms with Gasteiger partial charge in [-0.1, -0.05) is 6.92 Å². The van der Waals surface area contributed by atoms with E-state index < -0.39 is 5.82 Å². The molecule has 2 atom stereocenters. The third-order valence-corrected chi connectivity index (χ3v) is 6.67. The highest BCUT2D eigenvalue weighted by Gasteiger charge is 2.33. The van der Waals surface area contributed by atoms with E-state index in [1.54, 1.807) is 29.2 Å². The van der Waals surface area contributed by atoms with Crippen LogP contribution in [0.25, 0.3) is 22.4 Å². The molecule has 0 amide bonds. The normalized spacial score (nSPS) is 22.0. The molecule has 0 aromatic carbocycles. The Kier molecular flexibility index (Phi) is 4.88. The van der Waals surface area contributed by atoms with Crippen LogP contribution in [0.5, 0.6) is 5.88 Å². The van der Waals surface area contributed by atoms with E-state index in [0.29, 0.717) is 46.2 Å². The predicted molar refractivity (Wildman–Crippen MR) is 119 cm³/mol. The smallest absolute Gasteiger partial charge is 0.244 e. The number of imidazole rings is 1. The van der Waals surface area contributed by atoms with Crippen molar-refractivity contribution in [3.8, 4) is 17.0 Å². The number of methoxy groups -OCH3 is 1. The average Bonchev–Trinajstić information content (AvgIpc) is 3.36. The largest absolute Gasteiger partial charge is 0.479 e. The molecule has 0 radical (unpaired) electrons. The van der Waals surface area contributed by atoms with Crippen LogP contribution in [0.4, 0.5) is 10.3 Å². The lowest BCUT2D eigenvalue weighted by atomic mass is 9.92. The summed E-state index contributed by atoms with van der Waals surface area (Å²) in [4.78, 5) is 15.5. The molecular weight excluding hydrogens is 427 g/mol. The summed E-state index contributed by atoms with van der Waals surface area (Å²) in [5.41, 5.74) is 1.38. The fraction of sp³-hybridized carbons (Fsp3) is 0.455. The molecule has 0 bridgehead atoms. The van der Waals surface area contributed by atoms with Crippen LogP contribution in [0.3, 0.4) is 0 Å². The Balaban J connectivity index is 1.31. The topological polar surface area (TPSA) is 94.1 Å². The number of rotatable bonds is 5. The Morgan fingerprint density at radius 1 is 1.24 bits per heavy atom. The zero-order valence-corrected chi connectivity index (χ0v) is 18.5. The average molecular weight is 452 g/mol. The number of anilines is 1. The molecule has 10 nitrogen and oxygen atoms in total. The molecule has 0 unspecified atom stereocenters. The minimum Gasteiger partial charge on any atom is -0.479 e. The lowest BCUT2D eigenvalue weighted by Crippen LogP contribution is -2.55. The van der Waals surface area contributed by atoms with Crippen molar-refractivity contribution in [2.75, 3.05) is 38.7 Å². The number of ether oxygens (including phenoxy) is 2. The molecule has 11 heteroatoms. The lowest BCUT2D eigenvalue weighted by molar-refractivity contribution is -0.0763. The van der Waals surface area contributed by atoms with Crippen molar-refractivity contribution in [3.05, 3.63) is 36.8 Å². The van der Waals surface area contributed by atoms with Crippen LogP contribution < -0.4 is 10.1 Å². The summed E-state index contributed by atoms with van der Waals surface area (Å²) in [5.74, 6) is 1.25. The van der Waals surface area contributed by atoms with Gasteiger partial charge in [-0.2, -0.15) is 4.98 Å². The summed E-state index contributed by atoms with van der Waals surface area (Å²) >= 11 is 0. The first-order valence-corrected chi connectivity index (χ1v) is 11.1. The summed E-state index contributed by atoms with van der Waals surface area (Å²) in [5, 5.41) is 8.01. The molecule has 33 heavy (non-hydrogen) atoms. The van der Waals surface area contributed by atoms with Crippen LogP contribution in [-0.4, -0.2) is 79.4 Å². The van der Waals surface area contributed by atoms with Crippen LogP contribution in [0, 0.1) is 11.7 Å². The molecule has 0 spiro atoms. The van der Waals surface area contributed by atoms with Crippen molar-refractivity contribution in [1.29, 1.82) is 0 Å². The minimum atomic E-state index is -0.426. The van der Waals surface area contributed by atoms with Gasteiger partial charge >= 0.3 is 0 Å². The van der Waals surface area contributed by atoms with E-state index in [1.807, 2.05) is 0 Å². The second kappa shape index (κ2) is 7.92. The zero-order valence-electron chi connectivity index (χ0n) is 18.5. The summed E-state index contributed by atoms with van der Waals surface area (Å²) in [7, 11) is 1.53. The van der Waals surface area contributed by atoms with E-state index in [9.17, 15) is 0 Å². The van der Waals surface area contributed by atoms with Crippen LogP contribution in [-0.2, 0) is 4.74 Å². The molecule has 4 aromatic heterocycles. The maximum Gasteiger partial charge on any atom is 0.244 e. The van der Waals surface area contributed by atoms with Crippen molar-refractivity contribution in [2.45, 2.75) is 25.4 Å². The fourth-order valence-electron chi connectivity index (χ4n) is 4.77. The third-order valence-electron chi connectivity index (χ3n) is 6.67. The van der Waals surface area contributed by atoms with Gasteiger partial charge in [0.25, 0.3) is 0 Å². The second-order valence-corrected chi connectivity index (χ2v) is 8.77. The number of hydrogen-bond donors (Lipinski definition) is 1. The summed E-state index contributed by atoms with van der Waals surface area (Å²) in [6, 6.07) is 0.760. The van der Waals surface area contributed by atoms with E-state index in [0.717, 1.165) is 32.7 Å². The van der Waals surface area contributed by atoms with Crippen molar-refractivity contribution >= 4 is 17.2 Å². The maximum atomic E-state index is 15.1. The van der Waals surface area contributed by atoms with Crippen LogP contribution in [0.15, 0.2) is 31.0 Å². The van der Waals surface area contributed by atoms with Crippen LogP contribution in [0.1, 0.15) is 13.3 Å². The molecular formula is C22H25FN8O2. The molecule has 6 rings (SSSR count). The third kappa shape index (κ3) is 3.47. The number of nitrogens with zero attached hydrogens (tertiary/aromatic N) is 7. The Labute approximate surface area is 189 Å². The van der Waals surface area contributed by atoms with E-state index in [1.165, 1.54) is 17.8 Å². The van der Waals surface area contributed by atoms with E-state index >= 15 is 4.39 Å². The fourth-order valence-corrected chi connectivity index (χ4v) is 4.77. The van der Waals surface area contributed by atoms with Gasteiger partial charge in [-0.05, 0) is 12.3 Å². The van der Waals surface area contributed by atoms with E-state index in [2.05, 4.69) is 37.2 Å². The maximum absolute atomic E-state index is 15.1. The van der Waals surface area contributed by atoms with Gasteiger partial charge in [-0.3, -0.25) is 9.30 Å². The van der Waals surface area contributed by atoms with Gasteiger partial charge in [-0.15, -0.1) is 5.10 Å². The van der Waals surface area contributed by atoms with Gasteiger partial charge in [-0.25, -0.2) is 18.9 Å². The Bertz CT molecular complexity index is 1320. The first-order valence-electron chi connectivity index (χ1n) is 11.1. The second-order valence-electron chi connectivity index (χ2n) is 8.77. The molecule has 2 fully saturated rings. The highest BCUT2D eigenvalue weighted by molar-refractivity contribution is 5.84. The van der Waals surface area contributed by atoms with Crippen molar-refractivity contribution in [1.82, 2.24) is 33.9 Å². The van der Waals surface area contributed by atoms with Gasteiger partial charge in [0.1, 0.15) is 5.52 Å². The van der Waals surface area contributed by atoms with Crippen molar-refractivity contribution in [3.63, 3.8) is 0 Å². The van der Waals surface area contributed by atoms with Crippen molar-refractivity contribution in [2.24, 2.45) is 5.92 Å². The van der Waals surface area contributed by atoms with Gasteiger partial charge in [0.15, 0.2) is 5.82 Å². The number of aromatic nitrogens is 6. The molecule has 6 heterocycles. The highest BCUT2D eigenvalue weighted by Crippen LogP contribution is 2.34. The Hall–Kier alpha value is -3.31. The number of fused-ring (bicyclic) bond motifs is 2. The number of nitrogens with one attached hydrogen (secondary N) is 1. The molecule has 1 N–H and O–H groups in total. The SMILES string of the molecule is COc1nc(N[C@@H]2CCN(C3COC3)C[C@@H]2C)nn2cc(F)c(-c3cnc4nccn4c3)c12. The molecule has 0 aliphatic carbocycles. The van der Waals surface area contributed by atoms with Crippen LogP contribution >= 0.6 is 0 Å². The first kappa shape index (κ1) is 20.3. The quantitative estimate of drug-likeness (QED) is 0.492. The number of hydrogen-bond acceptors (Lipinski definition) is 8. The number of halogens is 1. The molecule has 2 saturated heterocycles. The van der Waals surface area contributed by atoms with Crippen LogP contribution in [0.2, 0.25) is 0 Å². The summed E-state index contributed by atoms with van der Waals surface area (Å²) in [6.07, 6.45) is 9.11. The van der Waals surface area contributed by atoms with E-state index in [-0.39, 0.29) is 6.04 Å². The highest BCUT2D eigenvalue weighted by atomic mass is 19.1. The molecule has 172 valence electrons. The molecule has 4 aromatic rings. The number of likely N-dealkylation sites (tertiary alicyclic amines) is 1. The summed E-state index contributed by atoms with van der Waals surface area (Å²) in [6.45, 7) is 5.88. The van der Waals surface area contributed by atoms with Gasteiger partial charge in [0.05, 0.1) is 38.1 Å². The lowest BCUT2D eigenvalue weighted by Gasteiger charge is -2.44. The molecule has 2 aliphatic heterocycles. The van der Waals surface area contributed by atoms with Gasteiger partial charge < -0.3 is 14.8 Å². The standard InChI is InChI=1S/C22H25FN8O2/c1-13-8-29(15-11-33-12-15)5-3-17(13)26-21-27-20(32-2)19-18(16(23)10-31(19)28-21)14-7-25-22-24-4-6-30(22)9-14/h4,6-7,9-10,13,15,17H,3,5,8,11-12H2,1-2H3,(H,26,28)/t13-,17+/m0/s1. The molecule has 2 aliphatic rings. The predicted octanol–water partition coefficient (Wildman–Crippen LogP) is 2.11. The minimum absolute atomic E-state index is 0.220. The monoisotopic (exact) mass is 452 g/mol. The zero-order chi connectivity index (χ0) is 22.5. The molecule has 0 saturated carbocycles. The van der Waals surface area contributed by atoms with Gasteiger partial charge in [0, 0.05) is 49.5 Å². The van der Waals surface area contributed by atoms with Gasteiger partial charge in [0.2, 0.25) is 17.6 Å². The van der Waals surface area contributed by atoms with E-state index in [4.69, 9.17) is 9.47 Å². The Morgan fingerprint density at radius 2 is 2.12 bits per heavy atom. The number of piperidine rings is 1. The summed E-state index contributed by atoms with van der Waals surface area (Å²) < 4.78 is 29.2. The first-order chi connectivity index (χ1) is 16.1. The van der Waals surface area contributed by atoms with Crippen molar-refractivity contribution < 1.29 is 13.9 Å².